The fraction of sp³-hybridized carbons (Fsp3) is 0.227. The maximum absolute atomic E-state index is 12.4. The van der Waals surface area contributed by atoms with E-state index in [0.29, 0.717) is 29.9 Å². The Labute approximate surface area is 178 Å². The molecule has 1 amide bonds. The number of rotatable bonds is 7. The molecular weight excluding hydrogens is 396 g/mol. The van der Waals surface area contributed by atoms with Crippen LogP contribution in [0.2, 0.25) is 0 Å². The SMILES string of the molecule is COc1ccc(CNC(=O)c2cn(-c3ccc(-c4nc(C5CC5)no4)cn3)cn2)cc1. The number of methoxy groups -OCH3 is 1. The first-order valence-electron chi connectivity index (χ1n) is 9.95. The van der Waals surface area contributed by atoms with Crippen LogP contribution in [0.3, 0.4) is 0 Å². The van der Waals surface area contributed by atoms with Gasteiger partial charge in [-0.25, -0.2) is 9.97 Å². The molecule has 4 aromatic rings. The molecule has 0 atom stereocenters. The highest BCUT2D eigenvalue weighted by molar-refractivity contribution is 5.92. The smallest absolute Gasteiger partial charge is 0.271 e. The summed E-state index contributed by atoms with van der Waals surface area (Å²) in [5, 5.41) is 6.89. The Morgan fingerprint density at radius 2 is 2.03 bits per heavy atom. The van der Waals surface area contributed by atoms with Gasteiger partial charge in [0.2, 0.25) is 0 Å². The Kier molecular flexibility index (Phi) is 4.91. The summed E-state index contributed by atoms with van der Waals surface area (Å²) < 4.78 is 12.2. The first kappa shape index (κ1) is 19.0. The summed E-state index contributed by atoms with van der Waals surface area (Å²) in [6, 6.07) is 11.2. The van der Waals surface area contributed by atoms with Crippen molar-refractivity contribution in [2.24, 2.45) is 0 Å². The maximum Gasteiger partial charge on any atom is 0.271 e. The van der Waals surface area contributed by atoms with E-state index in [-0.39, 0.29) is 5.91 Å². The van der Waals surface area contributed by atoms with Gasteiger partial charge in [0.15, 0.2) is 5.82 Å². The number of carbonyl (C=O) groups excluding carboxylic acids is 1. The van der Waals surface area contributed by atoms with E-state index in [1.54, 1.807) is 30.4 Å². The fourth-order valence-electron chi connectivity index (χ4n) is 3.11. The molecule has 1 saturated carbocycles. The van der Waals surface area contributed by atoms with Crippen LogP contribution in [0.1, 0.15) is 40.6 Å². The first-order chi connectivity index (χ1) is 15.2. The van der Waals surface area contributed by atoms with Gasteiger partial charge in [0.05, 0.1) is 12.7 Å². The second kappa shape index (κ2) is 8.02. The van der Waals surface area contributed by atoms with E-state index in [2.05, 4.69) is 25.4 Å². The van der Waals surface area contributed by atoms with Gasteiger partial charge in [-0.15, -0.1) is 0 Å². The minimum Gasteiger partial charge on any atom is -0.497 e. The number of imidazole rings is 1. The molecule has 9 heteroatoms. The molecule has 156 valence electrons. The van der Waals surface area contributed by atoms with Crippen molar-refractivity contribution in [3.8, 4) is 23.0 Å². The molecule has 1 aliphatic rings. The van der Waals surface area contributed by atoms with Crippen LogP contribution in [-0.2, 0) is 6.54 Å². The quantitative estimate of drug-likeness (QED) is 0.493. The lowest BCUT2D eigenvalue weighted by molar-refractivity contribution is 0.0946. The highest BCUT2D eigenvalue weighted by Gasteiger charge is 2.29. The van der Waals surface area contributed by atoms with E-state index < -0.39 is 0 Å². The van der Waals surface area contributed by atoms with Crippen molar-refractivity contribution in [2.45, 2.75) is 25.3 Å². The van der Waals surface area contributed by atoms with E-state index in [1.807, 2.05) is 36.4 Å². The van der Waals surface area contributed by atoms with Crippen LogP contribution in [0, 0.1) is 0 Å². The number of nitrogens with zero attached hydrogens (tertiary/aromatic N) is 5. The van der Waals surface area contributed by atoms with Crippen molar-refractivity contribution >= 4 is 5.91 Å². The molecule has 1 aliphatic carbocycles. The molecule has 0 spiro atoms. The zero-order chi connectivity index (χ0) is 21.2. The standard InChI is InChI=1S/C22H20N6O3/c1-30-17-7-2-14(3-8-17)10-24-21(29)18-12-28(13-25-18)19-9-6-16(11-23-19)22-26-20(27-31-22)15-4-5-15/h2-3,6-9,11-13,15H,4-5,10H2,1H3,(H,24,29). The van der Waals surface area contributed by atoms with Gasteiger partial charge in [-0.3, -0.25) is 9.36 Å². The second-order valence-electron chi connectivity index (χ2n) is 7.33. The van der Waals surface area contributed by atoms with Crippen LogP contribution < -0.4 is 10.1 Å². The van der Waals surface area contributed by atoms with Crippen molar-refractivity contribution in [2.75, 3.05) is 7.11 Å². The Hall–Kier alpha value is -4.01. The number of amides is 1. The molecule has 9 nitrogen and oxygen atoms in total. The van der Waals surface area contributed by atoms with Crippen LogP contribution in [0.15, 0.2) is 59.6 Å². The van der Waals surface area contributed by atoms with E-state index >= 15 is 0 Å². The van der Waals surface area contributed by atoms with Gasteiger partial charge in [0.1, 0.15) is 23.6 Å². The van der Waals surface area contributed by atoms with Gasteiger partial charge < -0.3 is 14.6 Å². The number of benzene rings is 1. The van der Waals surface area contributed by atoms with Crippen molar-refractivity contribution in [3.63, 3.8) is 0 Å². The predicted molar refractivity (Wildman–Crippen MR) is 111 cm³/mol. The molecule has 0 radical (unpaired) electrons. The summed E-state index contributed by atoms with van der Waals surface area (Å²) in [6.07, 6.45) is 7.11. The number of hydrogen-bond donors (Lipinski definition) is 1. The Bertz CT molecular complexity index is 1190. The lowest BCUT2D eigenvalue weighted by Crippen LogP contribution is -2.23. The molecule has 1 fully saturated rings. The number of ether oxygens (including phenoxy) is 1. The van der Waals surface area contributed by atoms with Crippen molar-refractivity contribution in [3.05, 3.63) is 72.2 Å². The zero-order valence-electron chi connectivity index (χ0n) is 16.9. The van der Waals surface area contributed by atoms with Crippen LogP contribution in [-0.4, -0.2) is 37.7 Å². The first-order valence-corrected chi connectivity index (χ1v) is 9.95. The summed E-state index contributed by atoms with van der Waals surface area (Å²) in [7, 11) is 1.62. The normalized spacial score (nSPS) is 13.2. The molecule has 0 bridgehead atoms. The van der Waals surface area contributed by atoms with Crippen LogP contribution in [0.25, 0.3) is 17.3 Å². The number of carbonyl (C=O) groups is 1. The van der Waals surface area contributed by atoms with Crippen LogP contribution in [0.4, 0.5) is 0 Å². The molecule has 0 unspecified atom stereocenters. The average molecular weight is 416 g/mol. The van der Waals surface area contributed by atoms with Crippen LogP contribution in [0.5, 0.6) is 5.75 Å². The molecule has 1 N–H and O–H groups in total. The van der Waals surface area contributed by atoms with E-state index in [4.69, 9.17) is 9.26 Å². The summed E-state index contributed by atoms with van der Waals surface area (Å²) >= 11 is 0. The molecule has 0 saturated heterocycles. The molecule has 0 aliphatic heterocycles. The third-order valence-corrected chi connectivity index (χ3v) is 5.07. The largest absolute Gasteiger partial charge is 0.497 e. The van der Waals surface area contributed by atoms with Crippen LogP contribution >= 0.6 is 0 Å². The van der Waals surface area contributed by atoms with Gasteiger partial charge in [0, 0.05) is 24.9 Å². The highest BCUT2D eigenvalue weighted by atomic mass is 16.5. The van der Waals surface area contributed by atoms with Gasteiger partial charge in [-0.1, -0.05) is 17.3 Å². The molecule has 31 heavy (non-hydrogen) atoms. The summed E-state index contributed by atoms with van der Waals surface area (Å²) in [4.78, 5) is 25.5. The second-order valence-corrected chi connectivity index (χ2v) is 7.33. The molecular formula is C22H20N6O3. The third kappa shape index (κ3) is 4.16. The molecule has 3 heterocycles. The van der Waals surface area contributed by atoms with E-state index in [9.17, 15) is 4.79 Å². The average Bonchev–Trinajstić information content (AvgIpc) is 3.34. The number of pyridine rings is 1. The maximum atomic E-state index is 12.4. The van der Waals surface area contributed by atoms with Crippen molar-refractivity contribution < 1.29 is 14.1 Å². The Morgan fingerprint density at radius 1 is 1.19 bits per heavy atom. The van der Waals surface area contributed by atoms with Gasteiger partial charge >= 0.3 is 0 Å². The monoisotopic (exact) mass is 416 g/mol. The fourth-order valence-corrected chi connectivity index (χ4v) is 3.11. The summed E-state index contributed by atoms with van der Waals surface area (Å²) in [5.74, 6) is 2.81. The van der Waals surface area contributed by atoms with Gasteiger partial charge in [-0.2, -0.15) is 4.98 Å². The summed E-state index contributed by atoms with van der Waals surface area (Å²) in [5.41, 5.74) is 2.03. The topological polar surface area (TPSA) is 108 Å². The lowest BCUT2D eigenvalue weighted by atomic mass is 10.2. The summed E-state index contributed by atoms with van der Waals surface area (Å²) in [6.45, 7) is 0.398. The molecule has 1 aromatic carbocycles. The Morgan fingerprint density at radius 3 is 2.74 bits per heavy atom. The lowest BCUT2D eigenvalue weighted by Gasteiger charge is -2.05. The Balaban J connectivity index is 1.23. The number of nitrogens with one attached hydrogen (secondary N) is 1. The highest BCUT2D eigenvalue weighted by Crippen LogP contribution is 2.38. The minimum absolute atomic E-state index is 0.260. The van der Waals surface area contributed by atoms with E-state index in [1.165, 1.54) is 0 Å². The van der Waals surface area contributed by atoms with Crippen molar-refractivity contribution in [1.29, 1.82) is 0 Å². The minimum atomic E-state index is -0.260. The van der Waals surface area contributed by atoms with Gasteiger partial charge in [0.25, 0.3) is 11.8 Å². The number of aromatic nitrogens is 5. The molecule has 5 rings (SSSR count). The van der Waals surface area contributed by atoms with Gasteiger partial charge in [-0.05, 0) is 42.7 Å². The predicted octanol–water partition coefficient (Wildman–Crippen LogP) is 3.13. The zero-order valence-corrected chi connectivity index (χ0v) is 16.9. The molecule has 3 aromatic heterocycles. The van der Waals surface area contributed by atoms with Crippen molar-refractivity contribution in [1.82, 2.24) is 30.0 Å². The number of hydrogen-bond acceptors (Lipinski definition) is 7. The third-order valence-electron chi connectivity index (χ3n) is 5.07. The van der Waals surface area contributed by atoms with E-state index in [0.717, 1.165) is 35.5 Å².